The Labute approximate surface area is 168 Å². The number of benzene rings is 1. The van der Waals surface area contributed by atoms with E-state index in [4.69, 9.17) is 0 Å². The van der Waals surface area contributed by atoms with Crippen molar-refractivity contribution in [1.82, 2.24) is 15.6 Å². The van der Waals surface area contributed by atoms with Gasteiger partial charge in [-0.25, -0.2) is 4.98 Å². The third kappa shape index (κ3) is 4.13. The number of pyridine rings is 1. The molecule has 1 saturated carbocycles. The van der Waals surface area contributed by atoms with Crippen LogP contribution >= 0.6 is 0 Å². The Kier molecular flexibility index (Phi) is 5.44. The molecule has 1 aromatic carbocycles. The molecule has 0 amide bonds. The molecular weight excluding hydrogens is 412 g/mol. The molecule has 0 radical (unpaired) electrons. The predicted octanol–water partition coefficient (Wildman–Crippen LogP) is 4.04. The van der Waals surface area contributed by atoms with Crippen LogP contribution in [-0.4, -0.2) is 35.3 Å². The molecule has 4 nitrogen and oxygen atoms in total. The SMILES string of the molecule is OC(CNCC1NC2CCC1C2)c1cc(C(F)(F)F)nc2c(C(F)(F)F)cccc12. The topological polar surface area (TPSA) is 57.2 Å². The summed E-state index contributed by atoms with van der Waals surface area (Å²) < 4.78 is 79.8. The van der Waals surface area contributed by atoms with Crippen LogP contribution in [0.3, 0.4) is 0 Å². The first-order valence-corrected chi connectivity index (χ1v) is 9.77. The smallest absolute Gasteiger partial charge is 0.387 e. The van der Waals surface area contributed by atoms with Gasteiger partial charge in [0.25, 0.3) is 0 Å². The minimum absolute atomic E-state index is 0.0811. The van der Waals surface area contributed by atoms with E-state index in [-0.39, 0.29) is 23.5 Å². The molecule has 164 valence electrons. The number of aromatic nitrogens is 1. The van der Waals surface area contributed by atoms with Crippen LogP contribution < -0.4 is 10.6 Å². The molecule has 1 aromatic heterocycles. The maximum absolute atomic E-state index is 13.3. The third-order valence-electron chi connectivity index (χ3n) is 6.02. The van der Waals surface area contributed by atoms with E-state index < -0.39 is 35.2 Å². The largest absolute Gasteiger partial charge is 0.433 e. The lowest BCUT2D eigenvalue weighted by Gasteiger charge is -2.24. The summed E-state index contributed by atoms with van der Waals surface area (Å²) in [6.45, 7) is 0.448. The average Bonchev–Trinajstić information content (AvgIpc) is 3.28. The highest BCUT2D eigenvalue weighted by Gasteiger charge is 2.39. The summed E-state index contributed by atoms with van der Waals surface area (Å²) in [6.07, 6.45) is -7.88. The summed E-state index contributed by atoms with van der Waals surface area (Å²) in [4.78, 5) is 3.24. The van der Waals surface area contributed by atoms with Gasteiger partial charge in [0.2, 0.25) is 0 Å². The molecule has 1 saturated heterocycles. The number of para-hydroxylation sites is 1. The molecule has 4 atom stereocenters. The first-order chi connectivity index (χ1) is 14.0. The van der Waals surface area contributed by atoms with Crippen LogP contribution in [0.4, 0.5) is 26.3 Å². The van der Waals surface area contributed by atoms with Crippen LogP contribution in [0.1, 0.15) is 42.2 Å². The summed E-state index contributed by atoms with van der Waals surface area (Å²) in [5.74, 6) is 0.535. The van der Waals surface area contributed by atoms with Gasteiger partial charge in [-0.05, 0) is 42.9 Å². The minimum Gasteiger partial charge on any atom is -0.387 e. The zero-order chi connectivity index (χ0) is 21.7. The molecular formula is C20H21F6N3O. The lowest BCUT2D eigenvalue weighted by molar-refractivity contribution is -0.142. The summed E-state index contributed by atoms with van der Waals surface area (Å²) >= 11 is 0. The van der Waals surface area contributed by atoms with Crippen molar-refractivity contribution in [1.29, 1.82) is 0 Å². The Balaban J connectivity index is 1.61. The van der Waals surface area contributed by atoms with Gasteiger partial charge in [-0.15, -0.1) is 0 Å². The number of fused-ring (bicyclic) bond motifs is 3. The second kappa shape index (κ2) is 7.65. The Morgan fingerprint density at radius 1 is 1.13 bits per heavy atom. The van der Waals surface area contributed by atoms with E-state index in [1.54, 1.807) is 0 Å². The van der Waals surface area contributed by atoms with E-state index >= 15 is 0 Å². The Bertz CT molecular complexity index is 929. The van der Waals surface area contributed by atoms with Crippen molar-refractivity contribution in [3.05, 3.63) is 41.1 Å². The average molecular weight is 433 g/mol. The molecule has 1 aliphatic carbocycles. The zero-order valence-electron chi connectivity index (χ0n) is 15.8. The van der Waals surface area contributed by atoms with Crippen molar-refractivity contribution in [2.45, 2.75) is 49.8 Å². The molecule has 3 N–H and O–H groups in total. The summed E-state index contributed by atoms with van der Waals surface area (Å²) in [5.41, 5.74) is -3.77. The van der Waals surface area contributed by atoms with Gasteiger partial charge in [-0.3, -0.25) is 0 Å². The van der Waals surface area contributed by atoms with Crippen molar-refractivity contribution in [3.8, 4) is 0 Å². The maximum Gasteiger partial charge on any atom is 0.433 e. The fourth-order valence-corrected chi connectivity index (χ4v) is 4.61. The number of hydrogen-bond acceptors (Lipinski definition) is 4. The standard InChI is InChI=1S/C20H21F6N3O/c21-19(22,23)14-3-1-2-12-13(7-17(20(24,25)26)29-18(12)14)16(30)9-27-8-15-10-4-5-11(6-10)28-15/h1-3,7,10-11,15-16,27-28,30H,4-6,8-9H2. The molecule has 0 spiro atoms. The van der Waals surface area contributed by atoms with E-state index in [0.717, 1.165) is 25.3 Å². The molecule has 4 rings (SSSR count). The van der Waals surface area contributed by atoms with Crippen molar-refractivity contribution in [2.24, 2.45) is 5.92 Å². The van der Waals surface area contributed by atoms with Crippen LogP contribution in [0.5, 0.6) is 0 Å². The van der Waals surface area contributed by atoms with Crippen molar-refractivity contribution in [2.75, 3.05) is 13.1 Å². The normalized spacial score (nSPS) is 25.2. The van der Waals surface area contributed by atoms with Gasteiger partial charge < -0.3 is 15.7 Å². The zero-order valence-corrected chi connectivity index (χ0v) is 15.8. The number of hydrogen-bond donors (Lipinski definition) is 3. The fraction of sp³-hybridized carbons (Fsp3) is 0.550. The van der Waals surface area contributed by atoms with Crippen LogP contribution in [0.25, 0.3) is 10.9 Å². The van der Waals surface area contributed by atoms with Crippen LogP contribution in [0.2, 0.25) is 0 Å². The molecule has 2 bridgehead atoms. The summed E-state index contributed by atoms with van der Waals surface area (Å²) in [6, 6.07) is 4.38. The number of nitrogens with zero attached hydrogens (tertiary/aromatic N) is 1. The highest BCUT2D eigenvalue weighted by atomic mass is 19.4. The van der Waals surface area contributed by atoms with Gasteiger partial charge >= 0.3 is 12.4 Å². The van der Waals surface area contributed by atoms with Crippen molar-refractivity contribution in [3.63, 3.8) is 0 Å². The van der Waals surface area contributed by atoms with Crippen molar-refractivity contribution < 1.29 is 31.4 Å². The van der Waals surface area contributed by atoms with E-state index in [2.05, 4.69) is 15.6 Å². The van der Waals surface area contributed by atoms with Crippen LogP contribution in [0.15, 0.2) is 24.3 Å². The second-order valence-corrected chi connectivity index (χ2v) is 8.01. The summed E-state index contributed by atoms with van der Waals surface area (Å²) in [5, 5.41) is 16.9. The molecule has 1 aliphatic heterocycles. The van der Waals surface area contributed by atoms with Gasteiger partial charge in [0.05, 0.1) is 17.2 Å². The second-order valence-electron chi connectivity index (χ2n) is 8.01. The molecule has 2 heterocycles. The maximum atomic E-state index is 13.3. The number of nitrogens with one attached hydrogen (secondary N) is 2. The highest BCUT2D eigenvalue weighted by Crippen LogP contribution is 2.39. The van der Waals surface area contributed by atoms with Gasteiger partial charge in [-0.2, -0.15) is 26.3 Å². The van der Waals surface area contributed by atoms with Crippen molar-refractivity contribution >= 4 is 10.9 Å². The molecule has 2 aromatic rings. The number of aliphatic hydroxyl groups is 1. The van der Waals surface area contributed by atoms with E-state index in [0.29, 0.717) is 30.6 Å². The first kappa shape index (κ1) is 21.3. The van der Waals surface area contributed by atoms with E-state index in [1.165, 1.54) is 6.07 Å². The Morgan fingerprint density at radius 3 is 2.50 bits per heavy atom. The fourth-order valence-electron chi connectivity index (χ4n) is 4.61. The quantitative estimate of drug-likeness (QED) is 0.624. The number of aliphatic hydroxyl groups excluding tert-OH is 1. The Hall–Kier alpha value is -1.91. The molecule has 10 heteroatoms. The highest BCUT2D eigenvalue weighted by molar-refractivity contribution is 5.86. The van der Waals surface area contributed by atoms with E-state index in [9.17, 15) is 31.4 Å². The lowest BCUT2D eigenvalue weighted by Crippen LogP contribution is -2.43. The molecule has 2 aliphatic rings. The number of rotatable bonds is 5. The van der Waals surface area contributed by atoms with Gasteiger partial charge in [0.15, 0.2) is 0 Å². The number of halogens is 6. The molecule has 2 fully saturated rings. The minimum atomic E-state index is -4.94. The number of piperidine rings is 1. The lowest BCUT2D eigenvalue weighted by atomic mass is 9.98. The van der Waals surface area contributed by atoms with Gasteiger partial charge in [-0.1, -0.05) is 12.1 Å². The number of alkyl halides is 6. The van der Waals surface area contributed by atoms with Gasteiger partial charge in [0.1, 0.15) is 5.69 Å². The summed E-state index contributed by atoms with van der Waals surface area (Å²) in [7, 11) is 0. The van der Waals surface area contributed by atoms with Crippen LogP contribution in [-0.2, 0) is 12.4 Å². The van der Waals surface area contributed by atoms with Crippen LogP contribution in [0, 0.1) is 5.92 Å². The van der Waals surface area contributed by atoms with Gasteiger partial charge in [0, 0.05) is 30.6 Å². The van der Waals surface area contributed by atoms with E-state index in [1.807, 2.05) is 0 Å². The molecule has 4 unspecified atom stereocenters. The monoisotopic (exact) mass is 433 g/mol. The Morgan fingerprint density at radius 2 is 1.90 bits per heavy atom. The first-order valence-electron chi connectivity index (χ1n) is 9.77. The third-order valence-corrected chi connectivity index (χ3v) is 6.02. The predicted molar refractivity (Wildman–Crippen MR) is 97.6 cm³/mol. The molecule has 30 heavy (non-hydrogen) atoms.